The van der Waals surface area contributed by atoms with Gasteiger partial charge in [-0.05, 0) is 66.3 Å². The summed E-state index contributed by atoms with van der Waals surface area (Å²) in [4.78, 5) is 12.5. The van der Waals surface area contributed by atoms with Gasteiger partial charge in [-0.2, -0.15) is 0 Å². The molecular weight excluding hydrogens is 485 g/mol. The zero-order valence-electron chi connectivity index (χ0n) is 13.6. The van der Waals surface area contributed by atoms with Crippen molar-refractivity contribution in [3.05, 3.63) is 50.0 Å². The summed E-state index contributed by atoms with van der Waals surface area (Å²) in [6, 6.07) is 11.0. The minimum Gasteiger partial charge on any atom is -0.490 e. The Morgan fingerprint density at radius 2 is 2.00 bits per heavy atom. The van der Waals surface area contributed by atoms with Crippen LogP contribution in [0.1, 0.15) is 30.6 Å². The third-order valence-corrected chi connectivity index (χ3v) is 4.40. The molecule has 6 heteroatoms. The third-order valence-electron chi connectivity index (χ3n) is 3.10. The van der Waals surface area contributed by atoms with Crippen LogP contribution >= 0.6 is 38.5 Å². The number of nitrogens with one attached hydrogen (secondary N) is 1. The lowest BCUT2D eigenvalue weighted by molar-refractivity contribution is 0.102. The van der Waals surface area contributed by atoms with Crippen LogP contribution in [0.2, 0.25) is 0 Å². The Kier molecular flexibility index (Phi) is 7.36. The largest absolute Gasteiger partial charge is 0.490 e. The summed E-state index contributed by atoms with van der Waals surface area (Å²) in [7, 11) is 0. The number of carbonyl (C=O) groups excluding carboxylic acids is 1. The number of hydrogen-bond donors (Lipinski definition) is 1. The summed E-state index contributed by atoms with van der Waals surface area (Å²) >= 11 is 5.56. The van der Waals surface area contributed by atoms with E-state index in [4.69, 9.17) is 9.47 Å². The van der Waals surface area contributed by atoms with Crippen LogP contribution < -0.4 is 14.8 Å². The number of benzene rings is 2. The highest BCUT2D eigenvalue weighted by molar-refractivity contribution is 14.1. The van der Waals surface area contributed by atoms with Crippen LogP contribution in [0.4, 0.5) is 5.69 Å². The summed E-state index contributed by atoms with van der Waals surface area (Å²) < 4.78 is 13.2. The van der Waals surface area contributed by atoms with Gasteiger partial charge in [0.2, 0.25) is 0 Å². The van der Waals surface area contributed by atoms with Gasteiger partial charge < -0.3 is 14.8 Å². The third kappa shape index (κ3) is 5.11. The summed E-state index contributed by atoms with van der Waals surface area (Å²) in [6.07, 6.45) is 0.909. The van der Waals surface area contributed by atoms with Gasteiger partial charge in [0.15, 0.2) is 11.5 Å². The molecule has 0 unspecified atom stereocenters. The first-order valence-electron chi connectivity index (χ1n) is 7.71. The van der Waals surface area contributed by atoms with Gasteiger partial charge in [0, 0.05) is 15.7 Å². The van der Waals surface area contributed by atoms with Crippen LogP contribution in [0, 0.1) is 3.57 Å². The highest BCUT2D eigenvalue weighted by atomic mass is 127. The minimum absolute atomic E-state index is 0.186. The normalized spacial score (nSPS) is 10.3. The average molecular weight is 504 g/mol. The van der Waals surface area contributed by atoms with E-state index >= 15 is 0 Å². The number of carbonyl (C=O) groups is 1. The second-order valence-electron chi connectivity index (χ2n) is 5.03. The maximum atomic E-state index is 12.5. The van der Waals surface area contributed by atoms with E-state index in [0.29, 0.717) is 30.3 Å². The number of ether oxygens (including phenoxy) is 2. The van der Waals surface area contributed by atoms with Crippen molar-refractivity contribution in [1.82, 2.24) is 0 Å². The SMILES string of the molecule is CCCOc1c(I)cc(C(=O)Nc2cccc(Br)c2)cc1OCC. The number of anilines is 1. The van der Waals surface area contributed by atoms with Gasteiger partial charge in [0.05, 0.1) is 16.8 Å². The molecule has 2 rings (SSSR count). The fraction of sp³-hybridized carbons (Fsp3) is 0.278. The Balaban J connectivity index is 2.27. The lowest BCUT2D eigenvalue weighted by Gasteiger charge is -2.15. The summed E-state index contributed by atoms with van der Waals surface area (Å²) in [5, 5.41) is 2.89. The molecule has 1 N–H and O–H groups in total. The molecule has 0 aliphatic heterocycles. The van der Waals surface area contributed by atoms with Crippen LogP contribution in [-0.2, 0) is 0 Å². The van der Waals surface area contributed by atoms with E-state index in [-0.39, 0.29) is 5.91 Å². The first-order valence-corrected chi connectivity index (χ1v) is 9.58. The number of hydrogen-bond acceptors (Lipinski definition) is 3. The molecule has 1 amide bonds. The zero-order valence-corrected chi connectivity index (χ0v) is 17.3. The first-order chi connectivity index (χ1) is 11.5. The first kappa shape index (κ1) is 19.1. The minimum atomic E-state index is -0.186. The maximum Gasteiger partial charge on any atom is 0.255 e. The molecule has 0 saturated heterocycles. The Morgan fingerprint density at radius 1 is 1.21 bits per heavy atom. The van der Waals surface area contributed by atoms with E-state index in [1.54, 1.807) is 12.1 Å². The van der Waals surface area contributed by atoms with Crippen molar-refractivity contribution in [3.8, 4) is 11.5 Å². The van der Waals surface area contributed by atoms with E-state index < -0.39 is 0 Å². The Hall–Kier alpha value is -1.28. The molecule has 0 spiro atoms. The maximum absolute atomic E-state index is 12.5. The van der Waals surface area contributed by atoms with E-state index in [1.807, 2.05) is 38.1 Å². The van der Waals surface area contributed by atoms with Crippen molar-refractivity contribution in [1.29, 1.82) is 0 Å². The molecule has 0 atom stereocenters. The molecule has 0 saturated carbocycles. The lowest BCUT2D eigenvalue weighted by Crippen LogP contribution is -2.13. The lowest BCUT2D eigenvalue weighted by atomic mass is 10.1. The molecule has 0 fully saturated rings. The molecule has 128 valence electrons. The second-order valence-corrected chi connectivity index (χ2v) is 7.11. The average Bonchev–Trinajstić information content (AvgIpc) is 2.54. The van der Waals surface area contributed by atoms with Crippen molar-refractivity contribution in [3.63, 3.8) is 0 Å². The van der Waals surface area contributed by atoms with Gasteiger partial charge in [-0.1, -0.05) is 28.9 Å². The van der Waals surface area contributed by atoms with E-state index in [9.17, 15) is 4.79 Å². The van der Waals surface area contributed by atoms with Crippen LogP contribution in [0.5, 0.6) is 11.5 Å². The fourth-order valence-corrected chi connectivity index (χ4v) is 3.23. The highest BCUT2D eigenvalue weighted by Gasteiger charge is 2.16. The quantitative estimate of drug-likeness (QED) is 0.508. The van der Waals surface area contributed by atoms with Crippen molar-refractivity contribution < 1.29 is 14.3 Å². The molecule has 2 aromatic rings. The number of rotatable bonds is 7. The van der Waals surface area contributed by atoms with Crippen molar-refractivity contribution in [2.24, 2.45) is 0 Å². The number of halogens is 2. The predicted octanol–water partition coefficient (Wildman–Crippen LogP) is 5.49. The Morgan fingerprint density at radius 3 is 2.67 bits per heavy atom. The molecule has 0 radical (unpaired) electrons. The molecule has 0 heterocycles. The van der Waals surface area contributed by atoms with Crippen molar-refractivity contribution in [2.75, 3.05) is 18.5 Å². The van der Waals surface area contributed by atoms with Gasteiger partial charge in [-0.25, -0.2) is 0 Å². The topological polar surface area (TPSA) is 47.6 Å². The molecular formula is C18H19BrINO3. The highest BCUT2D eigenvalue weighted by Crippen LogP contribution is 2.34. The summed E-state index contributed by atoms with van der Waals surface area (Å²) in [6.45, 7) is 5.08. The zero-order chi connectivity index (χ0) is 17.5. The van der Waals surface area contributed by atoms with Crippen molar-refractivity contribution in [2.45, 2.75) is 20.3 Å². The number of amides is 1. The summed E-state index contributed by atoms with van der Waals surface area (Å²) in [5.41, 5.74) is 1.26. The Labute approximate surface area is 164 Å². The Bertz CT molecular complexity index is 721. The molecule has 0 aliphatic carbocycles. The molecule has 0 aromatic heterocycles. The van der Waals surface area contributed by atoms with Gasteiger partial charge in [0.1, 0.15) is 0 Å². The molecule has 0 bridgehead atoms. The summed E-state index contributed by atoms with van der Waals surface area (Å²) in [5.74, 6) is 1.10. The molecule has 0 aliphatic rings. The van der Waals surface area contributed by atoms with E-state index in [0.717, 1.165) is 20.2 Å². The molecule has 2 aromatic carbocycles. The van der Waals surface area contributed by atoms with Crippen LogP contribution in [0.15, 0.2) is 40.9 Å². The van der Waals surface area contributed by atoms with Crippen LogP contribution in [0.3, 0.4) is 0 Å². The van der Waals surface area contributed by atoms with Gasteiger partial charge in [0.25, 0.3) is 5.91 Å². The van der Waals surface area contributed by atoms with Gasteiger partial charge >= 0.3 is 0 Å². The standard InChI is InChI=1S/C18H19BrINO3/c1-3-8-24-17-15(20)9-12(10-16(17)23-4-2)18(22)21-14-7-5-6-13(19)11-14/h5-7,9-11H,3-4,8H2,1-2H3,(H,21,22). The smallest absolute Gasteiger partial charge is 0.255 e. The van der Waals surface area contributed by atoms with E-state index in [2.05, 4.69) is 43.8 Å². The second kappa shape index (κ2) is 9.27. The predicted molar refractivity (Wildman–Crippen MR) is 108 cm³/mol. The monoisotopic (exact) mass is 503 g/mol. The molecule has 24 heavy (non-hydrogen) atoms. The van der Waals surface area contributed by atoms with Crippen LogP contribution in [0.25, 0.3) is 0 Å². The van der Waals surface area contributed by atoms with E-state index in [1.165, 1.54) is 0 Å². The van der Waals surface area contributed by atoms with Crippen molar-refractivity contribution >= 4 is 50.1 Å². The fourth-order valence-electron chi connectivity index (χ4n) is 2.08. The molecule has 4 nitrogen and oxygen atoms in total. The van der Waals surface area contributed by atoms with Gasteiger partial charge in [-0.15, -0.1) is 0 Å². The van der Waals surface area contributed by atoms with Gasteiger partial charge in [-0.3, -0.25) is 4.79 Å². The van der Waals surface area contributed by atoms with Crippen LogP contribution in [-0.4, -0.2) is 19.1 Å².